The molecule has 0 saturated heterocycles. The second kappa shape index (κ2) is 5.16. The van der Waals surface area contributed by atoms with Gasteiger partial charge >= 0.3 is 12.1 Å². The Morgan fingerprint density at radius 1 is 1.44 bits per heavy atom. The molecule has 1 aromatic carbocycles. The normalized spacial score (nSPS) is 9.62. The molecule has 5 nitrogen and oxygen atoms in total. The second-order valence-electron chi connectivity index (χ2n) is 3.18. The zero-order chi connectivity index (χ0) is 12.1. The minimum atomic E-state index is -1.02. The summed E-state index contributed by atoms with van der Waals surface area (Å²) in [5, 5.41) is 11.3. The number of carboxylic acids is 1. The number of rotatable bonds is 3. The highest BCUT2D eigenvalue weighted by Gasteiger charge is 2.09. The van der Waals surface area contributed by atoms with Gasteiger partial charge in [0.1, 0.15) is 0 Å². The van der Waals surface area contributed by atoms with Crippen LogP contribution in [0.5, 0.6) is 0 Å². The summed E-state index contributed by atoms with van der Waals surface area (Å²) in [6.07, 6.45) is -0.595. The first-order valence-electron chi connectivity index (χ1n) is 4.82. The fraction of sp³-hybridized carbons (Fsp3) is 0.273. The number of carbonyl (C=O) groups is 2. The summed E-state index contributed by atoms with van der Waals surface area (Å²) < 4.78 is 4.68. The number of carboxylic acid groups (broad SMARTS) is 1. The fourth-order valence-corrected chi connectivity index (χ4v) is 1.22. The largest absolute Gasteiger partial charge is 0.478 e. The van der Waals surface area contributed by atoms with E-state index in [1.807, 2.05) is 0 Å². The Bertz CT molecular complexity index is 414. The van der Waals surface area contributed by atoms with Crippen LogP contribution in [0.4, 0.5) is 10.5 Å². The monoisotopic (exact) mass is 223 g/mol. The van der Waals surface area contributed by atoms with Gasteiger partial charge in [-0.25, -0.2) is 9.59 Å². The molecule has 1 amide bonds. The van der Waals surface area contributed by atoms with Gasteiger partial charge in [0, 0.05) is 5.69 Å². The lowest BCUT2D eigenvalue weighted by Gasteiger charge is -2.07. The number of aromatic carboxylic acids is 1. The molecule has 0 aliphatic rings. The average molecular weight is 223 g/mol. The summed E-state index contributed by atoms with van der Waals surface area (Å²) in [5.41, 5.74) is 1.21. The Labute approximate surface area is 93.0 Å². The molecule has 0 radical (unpaired) electrons. The molecule has 16 heavy (non-hydrogen) atoms. The molecule has 0 unspecified atom stereocenters. The van der Waals surface area contributed by atoms with Crippen molar-refractivity contribution >= 4 is 17.7 Å². The number of hydrogen-bond acceptors (Lipinski definition) is 3. The Morgan fingerprint density at radius 2 is 2.12 bits per heavy atom. The topological polar surface area (TPSA) is 75.6 Å². The summed E-state index contributed by atoms with van der Waals surface area (Å²) >= 11 is 0. The summed E-state index contributed by atoms with van der Waals surface area (Å²) in [4.78, 5) is 21.9. The number of benzene rings is 1. The van der Waals surface area contributed by atoms with Crippen LogP contribution < -0.4 is 5.32 Å². The van der Waals surface area contributed by atoms with Crippen LogP contribution in [0.2, 0.25) is 0 Å². The van der Waals surface area contributed by atoms with Crippen molar-refractivity contribution in [2.24, 2.45) is 0 Å². The van der Waals surface area contributed by atoms with E-state index in [1.54, 1.807) is 26.0 Å². The third-order valence-electron chi connectivity index (χ3n) is 1.99. The van der Waals surface area contributed by atoms with Crippen LogP contribution in [0.25, 0.3) is 0 Å². The van der Waals surface area contributed by atoms with Crippen LogP contribution in [0.3, 0.4) is 0 Å². The first kappa shape index (κ1) is 12.0. The van der Waals surface area contributed by atoms with Crippen molar-refractivity contribution in [3.63, 3.8) is 0 Å². The molecule has 0 heterocycles. The van der Waals surface area contributed by atoms with E-state index >= 15 is 0 Å². The van der Waals surface area contributed by atoms with E-state index in [-0.39, 0.29) is 12.2 Å². The van der Waals surface area contributed by atoms with Crippen LogP contribution in [-0.4, -0.2) is 23.8 Å². The van der Waals surface area contributed by atoms with Crippen LogP contribution >= 0.6 is 0 Å². The molecule has 1 rings (SSSR count). The highest BCUT2D eigenvalue weighted by molar-refractivity contribution is 5.92. The Morgan fingerprint density at radius 3 is 2.69 bits per heavy atom. The SMILES string of the molecule is CCOC(=O)Nc1ccc(C)c(C(=O)O)c1. The van der Waals surface area contributed by atoms with E-state index in [0.717, 1.165) is 0 Å². The van der Waals surface area contributed by atoms with Crippen molar-refractivity contribution in [2.75, 3.05) is 11.9 Å². The molecule has 0 bridgehead atoms. The number of ether oxygens (including phenoxy) is 1. The van der Waals surface area contributed by atoms with Crippen molar-refractivity contribution in [1.82, 2.24) is 0 Å². The Kier molecular flexibility index (Phi) is 3.88. The molecule has 0 aliphatic heterocycles. The van der Waals surface area contributed by atoms with Crippen LogP contribution in [0.1, 0.15) is 22.8 Å². The standard InChI is InChI=1S/C11H13NO4/c1-3-16-11(15)12-8-5-4-7(2)9(6-8)10(13)14/h4-6H,3H2,1-2H3,(H,12,15)(H,13,14). The lowest BCUT2D eigenvalue weighted by atomic mass is 10.1. The van der Waals surface area contributed by atoms with Crippen LogP contribution in [0.15, 0.2) is 18.2 Å². The highest BCUT2D eigenvalue weighted by Crippen LogP contribution is 2.15. The van der Waals surface area contributed by atoms with Gasteiger partial charge in [0.25, 0.3) is 0 Å². The van der Waals surface area contributed by atoms with Crippen LogP contribution in [-0.2, 0) is 4.74 Å². The quantitative estimate of drug-likeness (QED) is 0.824. The van der Waals surface area contributed by atoms with Gasteiger partial charge in [-0.3, -0.25) is 5.32 Å². The molecule has 0 spiro atoms. The van der Waals surface area contributed by atoms with Gasteiger partial charge in [-0.05, 0) is 31.5 Å². The summed E-state index contributed by atoms with van der Waals surface area (Å²) in [6, 6.07) is 4.65. The van der Waals surface area contributed by atoms with Gasteiger partial charge in [-0.1, -0.05) is 6.07 Å². The zero-order valence-electron chi connectivity index (χ0n) is 9.11. The van der Waals surface area contributed by atoms with Crippen molar-refractivity contribution in [3.05, 3.63) is 29.3 Å². The van der Waals surface area contributed by atoms with Crippen molar-refractivity contribution in [2.45, 2.75) is 13.8 Å². The number of aryl methyl sites for hydroxylation is 1. The summed E-state index contributed by atoms with van der Waals surface area (Å²) in [7, 11) is 0. The van der Waals surface area contributed by atoms with Crippen LogP contribution in [0, 0.1) is 6.92 Å². The second-order valence-corrected chi connectivity index (χ2v) is 3.18. The maximum atomic E-state index is 11.1. The van der Waals surface area contributed by atoms with E-state index in [9.17, 15) is 9.59 Å². The molecular weight excluding hydrogens is 210 g/mol. The van der Waals surface area contributed by atoms with E-state index in [2.05, 4.69) is 10.1 Å². The summed E-state index contributed by atoms with van der Waals surface area (Å²) in [5.74, 6) is -1.02. The van der Waals surface area contributed by atoms with Gasteiger partial charge < -0.3 is 9.84 Å². The molecule has 0 saturated carbocycles. The minimum Gasteiger partial charge on any atom is -0.478 e. The van der Waals surface area contributed by atoms with Crippen molar-refractivity contribution in [3.8, 4) is 0 Å². The number of nitrogens with one attached hydrogen (secondary N) is 1. The van der Waals surface area contributed by atoms with Gasteiger partial charge in [-0.15, -0.1) is 0 Å². The third-order valence-corrected chi connectivity index (χ3v) is 1.99. The molecule has 2 N–H and O–H groups in total. The molecule has 5 heteroatoms. The lowest BCUT2D eigenvalue weighted by Crippen LogP contribution is -2.14. The van der Waals surface area contributed by atoms with Gasteiger partial charge in [0.15, 0.2) is 0 Å². The molecular formula is C11H13NO4. The Balaban J connectivity index is 2.87. The van der Waals surface area contributed by atoms with Gasteiger partial charge in [0.05, 0.1) is 12.2 Å². The molecule has 0 aliphatic carbocycles. The third kappa shape index (κ3) is 2.98. The number of anilines is 1. The zero-order valence-corrected chi connectivity index (χ0v) is 9.11. The van der Waals surface area contributed by atoms with Gasteiger partial charge in [-0.2, -0.15) is 0 Å². The molecule has 1 aromatic rings. The molecule has 0 aromatic heterocycles. The number of hydrogen-bond donors (Lipinski definition) is 2. The van der Waals surface area contributed by atoms with E-state index in [4.69, 9.17) is 5.11 Å². The molecule has 86 valence electrons. The van der Waals surface area contributed by atoms with E-state index in [0.29, 0.717) is 11.3 Å². The number of carbonyl (C=O) groups excluding carboxylic acids is 1. The van der Waals surface area contributed by atoms with E-state index in [1.165, 1.54) is 6.07 Å². The van der Waals surface area contributed by atoms with Crippen molar-refractivity contribution in [1.29, 1.82) is 0 Å². The maximum Gasteiger partial charge on any atom is 0.411 e. The lowest BCUT2D eigenvalue weighted by molar-refractivity contribution is 0.0696. The van der Waals surface area contributed by atoms with E-state index < -0.39 is 12.1 Å². The fourth-order valence-electron chi connectivity index (χ4n) is 1.22. The maximum absolute atomic E-state index is 11.1. The average Bonchev–Trinajstić information content (AvgIpc) is 2.21. The summed E-state index contributed by atoms with van der Waals surface area (Å²) in [6.45, 7) is 3.65. The van der Waals surface area contributed by atoms with Crippen molar-refractivity contribution < 1.29 is 19.4 Å². The number of amides is 1. The predicted octanol–water partition coefficient (Wildman–Crippen LogP) is 2.26. The predicted molar refractivity (Wildman–Crippen MR) is 58.8 cm³/mol. The Hall–Kier alpha value is -2.04. The molecule has 0 atom stereocenters. The first-order valence-corrected chi connectivity index (χ1v) is 4.82. The first-order chi connectivity index (χ1) is 7.54. The highest BCUT2D eigenvalue weighted by atomic mass is 16.5. The minimum absolute atomic E-state index is 0.161. The van der Waals surface area contributed by atoms with Gasteiger partial charge in [0.2, 0.25) is 0 Å². The molecule has 0 fully saturated rings. The smallest absolute Gasteiger partial charge is 0.411 e.